The number of amides is 1. The van der Waals surface area contributed by atoms with Crippen LogP contribution in [0.3, 0.4) is 0 Å². The van der Waals surface area contributed by atoms with Gasteiger partial charge in [-0.1, -0.05) is 36.2 Å². The first-order valence-corrected chi connectivity index (χ1v) is 11.6. The van der Waals surface area contributed by atoms with Crippen LogP contribution in [-0.4, -0.2) is 23.6 Å². The molecular weight excluding hydrogens is 439 g/mol. The molecule has 4 rings (SSSR count). The Kier molecular flexibility index (Phi) is 7.43. The molecule has 1 atom stereocenters. The lowest BCUT2D eigenvalue weighted by molar-refractivity contribution is -0.112. The van der Waals surface area contributed by atoms with Crippen LogP contribution in [0, 0.1) is 11.7 Å². The number of aliphatic hydroxyl groups is 1. The maximum atomic E-state index is 13.2. The van der Waals surface area contributed by atoms with Crippen LogP contribution in [0.2, 0.25) is 5.02 Å². The van der Waals surface area contributed by atoms with Crippen LogP contribution in [0.4, 0.5) is 10.1 Å². The van der Waals surface area contributed by atoms with Crippen molar-refractivity contribution in [2.75, 3.05) is 11.9 Å². The fraction of sp³-hybridized carbons (Fsp3) is 0.296. The van der Waals surface area contributed by atoms with E-state index in [1.54, 1.807) is 18.2 Å². The highest BCUT2D eigenvalue weighted by Crippen LogP contribution is 2.36. The molecule has 1 unspecified atom stereocenters. The number of hydrogen-bond donors (Lipinski definition) is 3. The number of carbonyl (C=O) groups excluding carboxylic acids is 1. The van der Waals surface area contributed by atoms with Crippen molar-refractivity contribution in [1.29, 1.82) is 0 Å². The second kappa shape index (κ2) is 10.5. The number of hydrogen-bond acceptors (Lipinski definition) is 3. The van der Waals surface area contributed by atoms with E-state index in [9.17, 15) is 14.3 Å². The molecule has 1 aliphatic heterocycles. The Hall–Kier alpha value is -2.73. The first kappa shape index (κ1) is 23.4. The van der Waals surface area contributed by atoms with Gasteiger partial charge in [0, 0.05) is 22.8 Å². The third-order valence-corrected chi connectivity index (χ3v) is 6.54. The van der Waals surface area contributed by atoms with Gasteiger partial charge in [-0.2, -0.15) is 0 Å². The van der Waals surface area contributed by atoms with Crippen LogP contribution >= 0.6 is 11.6 Å². The Morgan fingerprint density at radius 1 is 1.21 bits per heavy atom. The van der Waals surface area contributed by atoms with Crippen LogP contribution < -0.4 is 10.6 Å². The lowest BCUT2D eigenvalue weighted by Crippen LogP contribution is -2.21. The molecule has 1 aliphatic carbocycles. The fourth-order valence-electron chi connectivity index (χ4n) is 3.85. The molecule has 0 bridgehead atoms. The van der Waals surface area contributed by atoms with Gasteiger partial charge in [0.05, 0.1) is 12.6 Å². The summed E-state index contributed by atoms with van der Waals surface area (Å²) in [4.78, 5) is 13.0. The third kappa shape index (κ3) is 5.99. The molecule has 172 valence electrons. The number of carbonyl (C=O) groups is 1. The highest BCUT2D eigenvalue weighted by atomic mass is 35.5. The van der Waals surface area contributed by atoms with Crippen molar-refractivity contribution in [3.63, 3.8) is 0 Å². The van der Waals surface area contributed by atoms with Gasteiger partial charge in [0.15, 0.2) is 0 Å². The minimum absolute atomic E-state index is 0.0229. The Balaban J connectivity index is 1.61. The van der Waals surface area contributed by atoms with Gasteiger partial charge in [0.2, 0.25) is 0 Å². The smallest absolute Gasteiger partial charge is 0.253 e. The molecule has 0 aromatic heterocycles. The van der Waals surface area contributed by atoms with Crippen molar-refractivity contribution >= 4 is 28.8 Å². The van der Waals surface area contributed by atoms with Crippen LogP contribution in [-0.2, 0) is 11.4 Å². The van der Waals surface area contributed by atoms with Gasteiger partial charge >= 0.3 is 0 Å². The molecule has 4 nitrogen and oxygen atoms in total. The van der Waals surface area contributed by atoms with E-state index in [0.29, 0.717) is 22.2 Å². The molecule has 1 heterocycles. The number of rotatable bonds is 8. The van der Waals surface area contributed by atoms with Crippen molar-refractivity contribution in [3.8, 4) is 0 Å². The zero-order chi connectivity index (χ0) is 23.4. The molecule has 6 heteroatoms. The van der Waals surface area contributed by atoms with Gasteiger partial charge in [-0.15, -0.1) is 0 Å². The van der Waals surface area contributed by atoms with Crippen molar-refractivity contribution < 1.29 is 14.3 Å². The first-order chi connectivity index (χ1) is 15.9. The molecule has 2 aromatic rings. The maximum Gasteiger partial charge on any atom is 0.253 e. The first-order valence-electron chi connectivity index (χ1n) is 11.2. The number of aliphatic hydroxyl groups excluding tert-OH is 1. The van der Waals surface area contributed by atoms with Gasteiger partial charge in [-0.25, -0.2) is 4.39 Å². The van der Waals surface area contributed by atoms with Crippen molar-refractivity contribution in [3.05, 3.63) is 93.8 Å². The molecule has 2 aliphatic rings. The molecule has 0 radical (unpaired) electrons. The lowest BCUT2D eigenvalue weighted by atomic mass is 9.78. The van der Waals surface area contributed by atoms with E-state index >= 15 is 0 Å². The average molecular weight is 467 g/mol. The second-order valence-corrected chi connectivity index (χ2v) is 9.05. The Labute approximate surface area is 198 Å². The summed E-state index contributed by atoms with van der Waals surface area (Å²) in [6.45, 7) is 2.72. The number of halogens is 2. The lowest BCUT2D eigenvalue weighted by Gasteiger charge is -2.27. The quantitative estimate of drug-likeness (QED) is 0.268. The minimum atomic E-state index is -0.338. The van der Waals surface area contributed by atoms with E-state index in [1.165, 1.54) is 18.6 Å². The molecule has 1 saturated heterocycles. The Morgan fingerprint density at radius 2 is 1.94 bits per heavy atom. The molecule has 1 saturated carbocycles. The van der Waals surface area contributed by atoms with E-state index in [2.05, 4.69) is 16.7 Å². The summed E-state index contributed by atoms with van der Waals surface area (Å²) in [6.07, 6.45) is 9.49. The van der Waals surface area contributed by atoms with E-state index in [-0.39, 0.29) is 24.4 Å². The van der Waals surface area contributed by atoms with Crippen LogP contribution in [0.1, 0.15) is 37.3 Å². The summed E-state index contributed by atoms with van der Waals surface area (Å²) in [5.74, 6) is -0.100. The number of allylic oxidation sites excluding steroid dienone is 5. The number of benzene rings is 2. The SMILES string of the molecule is C\C(=C/C=C(/C=C(/C(=O)Nc1ccc(F)cc1)C1CN1)C1CCC1)c1cc(CO)ccc1Cl. The van der Waals surface area contributed by atoms with Gasteiger partial charge in [-0.05, 0) is 90.4 Å². The van der Waals surface area contributed by atoms with E-state index in [4.69, 9.17) is 11.6 Å². The van der Waals surface area contributed by atoms with Gasteiger partial charge in [-0.3, -0.25) is 4.79 Å². The monoisotopic (exact) mass is 466 g/mol. The van der Waals surface area contributed by atoms with Crippen molar-refractivity contribution in [1.82, 2.24) is 5.32 Å². The predicted molar refractivity (Wildman–Crippen MR) is 131 cm³/mol. The van der Waals surface area contributed by atoms with E-state index in [1.807, 2.05) is 31.2 Å². The highest BCUT2D eigenvalue weighted by Gasteiger charge is 2.31. The summed E-state index contributed by atoms with van der Waals surface area (Å²) in [5, 5.41) is 16.2. The topological polar surface area (TPSA) is 71.3 Å². The zero-order valence-corrected chi connectivity index (χ0v) is 19.3. The normalized spacial score (nSPS) is 19.3. The molecule has 33 heavy (non-hydrogen) atoms. The van der Waals surface area contributed by atoms with Crippen LogP contribution in [0.5, 0.6) is 0 Å². The van der Waals surface area contributed by atoms with Crippen molar-refractivity contribution in [2.24, 2.45) is 5.92 Å². The summed E-state index contributed by atoms with van der Waals surface area (Å²) < 4.78 is 13.2. The maximum absolute atomic E-state index is 13.2. The Morgan fingerprint density at radius 3 is 2.55 bits per heavy atom. The fourth-order valence-corrected chi connectivity index (χ4v) is 4.11. The molecule has 2 fully saturated rings. The van der Waals surface area contributed by atoms with E-state index < -0.39 is 0 Å². The van der Waals surface area contributed by atoms with E-state index in [0.717, 1.165) is 41.7 Å². The minimum Gasteiger partial charge on any atom is -0.392 e. The molecular formula is C27H28ClFN2O2. The van der Waals surface area contributed by atoms with Gasteiger partial charge < -0.3 is 15.7 Å². The largest absolute Gasteiger partial charge is 0.392 e. The van der Waals surface area contributed by atoms with Crippen LogP contribution in [0.15, 0.2) is 71.8 Å². The highest BCUT2D eigenvalue weighted by molar-refractivity contribution is 6.32. The number of anilines is 1. The molecule has 3 N–H and O–H groups in total. The molecule has 2 aromatic carbocycles. The van der Waals surface area contributed by atoms with Gasteiger partial charge in [0.1, 0.15) is 5.82 Å². The summed E-state index contributed by atoms with van der Waals surface area (Å²) in [6, 6.07) is 11.3. The molecule has 1 amide bonds. The average Bonchev–Trinajstić information content (AvgIpc) is 3.61. The van der Waals surface area contributed by atoms with Gasteiger partial charge in [0.25, 0.3) is 5.91 Å². The number of nitrogens with one attached hydrogen (secondary N) is 2. The van der Waals surface area contributed by atoms with Crippen molar-refractivity contribution in [2.45, 2.75) is 38.8 Å². The third-order valence-electron chi connectivity index (χ3n) is 6.21. The second-order valence-electron chi connectivity index (χ2n) is 8.64. The summed E-state index contributed by atoms with van der Waals surface area (Å²) in [7, 11) is 0. The zero-order valence-electron chi connectivity index (χ0n) is 18.6. The summed E-state index contributed by atoms with van der Waals surface area (Å²) >= 11 is 6.39. The Bertz CT molecular complexity index is 1110. The molecule has 0 spiro atoms. The predicted octanol–water partition coefficient (Wildman–Crippen LogP) is 5.64. The summed E-state index contributed by atoms with van der Waals surface area (Å²) in [5.41, 5.74) is 5.05. The standard InChI is InChI=1S/C27H28ClFN2O2/c1-17(23-13-18(16-32)6-12-25(23)28)5-7-20(19-3-2-4-19)14-24(26-15-30-26)27(33)31-22-10-8-21(29)9-11-22/h5-14,19,26,30,32H,2-4,15-16H2,1H3,(H,31,33)/b17-5+,20-7-,24-14+. The van der Waals surface area contributed by atoms with Crippen LogP contribution in [0.25, 0.3) is 5.57 Å².